The molecule has 0 unspecified atom stereocenters. The molecule has 2 aromatic carbocycles. The standard InChI is InChI=1S/C21H20N2O3/c1-13-9-16-10-15-7-8-23(12-17(15)11-19(16)22-20(13)24)21(25)14-3-5-18(26-2)6-4-14/h3-6,9-11H,7-8,12H2,1-2H3,(H,22,24). The number of pyridine rings is 1. The molecule has 1 amide bonds. The average Bonchev–Trinajstić information content (AvgIpc) is 2.66. The lowest BCUT2D eigenvalue weighted by molar-refractivity contribution is 0.0735. The summed E-state index contributed by atoms with van der Waals surface area (Å²) in [4.78, 5) is 29.5. The molecule has 4 rings (SSSR count). The fourth-order valence-corrected chi connectivity index (χ4v) is 3.47. The summed E-state index contributed by atoms with van der Waals surface area (Å²) in [5.74, 6) is 0.743. The van der Waals surface area contributed by atoms with Gasteiger partial charge in [0.15, 0.2) is 0 Å². The van der Waals surface area contributed by atoms with Crippen molar-refractivity contribution in [3.8, 4) is 5.75 Å². The third-order valence-corrected chi connectivity index (χ3v) is 4.99. The fourth-order valence-electron chi connectivity index (χ4n) is 3.47. The van der Waals surface area contributed by atoms with Gasteiger partial charge in [0.05, 0.1) is 7.11 Å². The van der Waals surface area contributed by atoms with Gasteiger partial charge in [-0.05, 0) is 72.3 Å². The number of fused-ring (bicyclic) bond motifs is 2. The summed E-state index contributed by atoms with van der Waals surface area (Å²) < 4.78 is 5.15. The number of hydrogen-bond donors (Lipinski definition) is 1. The Morgan fingerprint density at radius 2 is 1.88 bits per heavy atom. The van der Waals surface area contributed by atoms with E-state index < -0.39 is 0 Å². The minimum atomic E-state index is -0.0700. The Balaban J connectivity index is 1.64. The molecule has 5 heteroatoms. The smallest absolute Gasteiger partial charge is 0.254 e. The number of methoxy groups -OCH3 is 1. The maximum absolute atomic E-state index is 12.8. The summed E-state index contributed by atoms with van der Waals surface area (Å²) in [6, 6.07) is 13.2. The number of ether oxygens (including phenoxy) is 1. The molecule has 0 atom stereocenters. The molecule has 0 aliphatic carbocycles. The third-order valence-electron chi connectivity index (χ3n) is 4.99. The van der Waals surface area contributed by atoms with E-state index in [1.54, 1.807) is 31.4 Å². The normalized spacial score (nSPS) is 13.5. The molecule has 0 fully saturated rings. The molecule has 5 nitrogen and oxygen atoms in total. The minimum Gasteiger partial charge on any atom is -0.497 e. The molecule has 1 aliphatic heterocycles. The summed E-state index contributed by atoms with van der Waals surface area (Å²) in [6.07, 6.45) is 0.811. The second-order valence-corrected chi connectivity index (χ2v) is 6.69. The SMILES string of the molecule is COc1ccc(C(=O)N2CCc3cc4cc(C)c(=O)[nH]c4cc3C2)cc1. The molecule has 1 aromatic heterocycles. The first kappa shape index (κ1) is 16.4. The molecular weight excluding hydrogens is 328 g/mol. The topological polar surface area (TPSA) is 62.4 Å². The van der Waals surface area contributed by atoms with Gasteiger partial charge < -0.3 is 14.6 Å². The van der Waals surface area contributed by atoms with Crippen LogP contribution in [-0.2, 0) is 13.0 Å². The number of aromatic amines is 1. The Labute approximate surface area is 151 Å². The van der Waals surface area contributed by atoms with E-state index in [0.717, 1.165) is 28.6 Å². The Kier molecular flexibility index (Phi) is 3.99. The first-order chi connectivity index (χ1) is 12.5. The Bertz CT molecular complexity index is 1050. The van der Waals surface area contributed by atoms with E-state index in [4.69, 9.17) is 4.74 Å². The molecule has 1 N–H and O–H groups in total. The molecule has 0 bridgehead atoms. The van der Waals surface area contributed by atoms with Gasteiger partial charge in [0.25, 0.3) is 11.5 Å². The van der Waals surface area contributed by atoms with E-state index in [2.05, 4.69) is 11.1 Å². The lowest BCUT2D eigenvalue weighted by Crippen LogP contribution is -2.36. The highest BCUT2D eigenvalue weighted by Gasteiger charge is 2.22. The first-order valence-electron chi connectivity index (χ1n) is 8.64. The highest BCUT2D eigenvalue weighted by atomic mass is 16.5. The van der Waals surface area contributed by atoms with Crippen molar-refractivity contribution in [2.45, 2.75) is 19.9 Å². The van der Waals surface area contributed by atoms with Crippen LogP contribution in [0.1, 0.15) is 27.0 Å². The zero-order chi connectivity index (χ0) is 18.3. The Morgan fingerprint density at radius 1 is 1.12 bits per heavy atom. The highest BCUT2D eigenvalue weighted by Crippen LogP contribution is 2.25. The molecular formula is C21H20N2O3. The average molecular weight is 348 g/mol. The van der Waals surface area contributed by atoms with Crippen LogP contribution in [0.4, 0.5) is 0 Å². The van der Waals surface area contributed by atoms with Crippen molar-refractivity contribution < 1.29 is 9.53 Å². The van der Waals surface area contributed by atoms with Gasteiger partial charge in [-0.15, -0.1) is 0 Å². The van der Waals surface area contributed by atoms with Crippen LogP contribution in [0, 0.1) is 6.92 Å². The van der Waals surface area contributed by atoms with Gasteiger partial charge in [-0.2, -0.15) is 0 Å². The van der Waals surface area contributed by atoms with Crippen LogP contribution in [0.5, 0.6) is 5.75 Å². The number of amides is 1. The lowest BCUT2D eigenvalue weighted by Gasteiger charge is -2.29. The number of aryl methyl sites for hydroxylation is 1. The van der Waals surface area contributed by atoms with Gasteiger partial charge in [-0.25, -0.2) is 0 Å². The third kappa shape index (κ3) is 2.86. The number of benzene rings is 2. The second kappa shape index (κ2) is 6.33. The molecule has 2 heterocycles. The summed E-state index contributed by atoms with van der Waals surface area (Å²) in [5.41, 5.74) is 4.44. The lowest BCUT2D eigenvalue weighted by atomic mass is 9.96. The predicted octanol–water partition coefficient (Wildman–Crippen LogP) is 3.04. The molecule has 26 heavy (non-hydrogen) atoms. The van der Waals surface area contributed by atoms with E-state index in [0.29, 0.717) is 24.2 Å². The maximum atomic E-state index is 12.8. The van der Waals surface area contributed by atoms with Crippen molar-refractivity contribution in [2.75, 3.05) is 13.7 Å². The monoisotopic (exact) mass is 348 g/mol. The van der Waals surface area contributed by atoms with E-state index in [1.165, 1.54) is 5.56 Å². The van der Waals surface area contributed by atoms with Crippen LogP contribution < -0.4 is 10.3 Å². The number of nitrogens with one attached hydrogen (secondary N) is 1. The van der Waals surface area contributed by atoms with Crippen LogP contribution in [0.25, 0.3) is 10.9 Å². The molecule has 1 aliphatic rings. The van der Waals surface area contributed by atoms with E-state index in [-0.39, 0.29) is 11.5 Å². The van der Waals surface area contributed by atoms with E-state index >= 15 is 0 Å². The number of carbonyl (C=O) groups excluding carboxylic acids is 1. The van der Waals surface area contributed by atoms with Crippen LogP contribution in [0.2, 0.25) is 0 Å². The first-order valence-corrected chi connectivity index (χ1v) is 8.64. The quantitative estimate of drug-likeness (QED) is 0.774. The van der Waals surface area contributed by atoms with Crippen molar-refractivity contribution in [1.82, 2.24) is 9.88 Å². The summed E-state index contributed by atoms with van der Waals surface area (Å²) in [6.45, 7) is 3.05. The van der Waals surface area contributed by atoms with Crippen molar-refractivity contribution >= 4 is 16.8 Å². The summed E-state index contributed by atoms with van der Waals surface area (Å²) in [5, 5.41) is 1.04. The van der Waals surface area contributed by atoms with Gasteiger partial charge in [-0.3, -0.25) is 9.59 Å². The van der Waals surface area contributed by atoms with Crippen LogP contribution in [0.15, 0.2) is 47.3 Å². The van der Waals surface area contributed by atoms with Gasteiger partial charge in [0.2, 0.25) is 0 Å². The number of carbonyl (C=O) groups is 1. The number of rotatable bonds is 2. The zero-order valence-electron chi connectivity index (χ0n) is 14.8. The highest BCUT2D eigenvalue weighted by molar-refractivity contribution is 5.94. The molecule has 0 spiro atoms. The van der Waals surface area contributed by atoms with Gasteiger partial charge in [0.1, 0.15) is 5.75 Å². The van der Waals surface area contributed by atoms with Crippen molar-refractivity contribution in [3.63, 3.8) is 0 Å². The molecule has 0 radical (unpaired) electrons. The number of aromatic nitrogens is 1. The number of nitrogens with zero attached hydrogens (tertiary/aromatic N) is 1. The van der Waals surface area contributed by atoms with Crippen molar-refractivity contribution in [2.24, 2.45) is 0 Å². The summed E-state index contributed by atoms with van der Waals surface area (Å²) in [7, 11) is 1.61. The van der Waals surface area contributed by atoms with E-state index in [1.807, 2.05) is 24.0 Å². The number of hydrogen-bond acceptors (Lipinski definition) is 3. The van der Waals surface area contributed by atoms with Crippen LogP contribution >= 0.6 is 0 Å². The van der Waals surface area contributed by atoms with Crippen LogP contribution in [-0.4, -0.2) is 29.4 Å². The molecule has 3 aromatic rings. The van der Waals surface area contributed by atoms with Gasteiger partial charge in [0, 0.05) is 29.7 Å². The van der Waals surface area contributed by atoms with Crippen molar-refractivity contribution in [3.05, 3.63) is 75.1 Å². The predicted molar refractivity (Wildman–Crippen MR) is 101 cm³/mol. The van der Waals surface area contributed by atoms with E-state index in [9.17, 15) is 9.59 Å². The fraction of sp³-hybridized carbons (Fsp3) is 0.238. The Morgan fingerprint density at radius 3 is 2.62 bits per heavy atom. The largest absolute Gasteiger partial charge is 0.497 e. The van der Waals surface area contributed by atoms with Crippen molar-refractivity contribution in [1.29, 1.82) is 0 Å². The Hall–Kier alpha value is -3.08. The van der Waals surface area contributed by atoms with Gasteiger partial charge >= 0.3 is 0 Å². The summed E-state index contributed by atoms with van der Waals surface area (Å²) >= 11 is 0. The second-order valence-electron chi connectivity index (χ2n) is 6.69. The molecule has 0 saturated carbocycles. The molecule has 132 valence electrons. The zero-order valence-corrected chi connectivity index (χ0v) is 14.8. The maximum Gasteiger partial charge on any atom is 0.254 e. The molecule has 0 saturated heterocycles. The van der Waals surface area contributed by atoms with Crippen LogP contribution in [0.3, 0.4) is 0 Å². The number of H-pyrrole nitrogens is 1. The minimum absolute atomic E-state index is 0.01000. The van der Waals surface area contributed by atoms with Gasteiger partial charge in [-0.1, -0.05) is 0 Å².